The Kier molecular flexibility index (Phi) is 4.85. The molecule has 0 bridgehead atoms. The monoisotopic (exact) mass is 357 g/mol. The van der Waals surface area contributed by atoms with Crippen molar-refractivity contribution < 1.29 is 9.53 Å². The van der Waals surface area contributed by atoms with Crippen molar-refractivity contribution in [3.63, 3.8) is 0 Å². The van der Waals surface area contributed by atoms with Crippen molar-refractivity contribution in [1.29, 1.82) is 0 Å². The van der Waals surface area contributed by atoms with Crippen LogP contribution in [0.4, 0.5) is 0 Å². The number of aromatic amines is 1. The number of carbonyl (C=O) groups excluding carboxylic acids is 1. The number of rotatable bonds is 5. The first kappa shape index (κ1) is 17.2. The fourth-order valence-electron chi connectivity index (χ4n) is 2.56. The third kappa shape index (κ3) is 3.56. The van der Waals surface area contributed by atoms with Crippen molar-refractivity contribution in [2.75, 3.05) is 7.11 Å². The van der Waals surface area contributed by atoms with Gasteiger partial charge >= 0.3 is 5.97 Å². The number of esters is 1. The highest BCUT2D eigenvalue weighted by Crippen LogP contribution is 2.24. The molecular formula is C18H19N3O3S. The molecule has 7 heteroatoms. The number of aryl methyl sites for hydroxylation is 2. The number of benzene rings is 1. The van der Waals surface area contributed by atoms with E-state index in [9.17, 15) is 9.59 Å². The lowest BCUT2D eigenvalue weighted by molar-refractivity contribution is -0.140. The van der Waals surface area contributed by atoms with Crippen LogP contribution < -0.4 is 5.56 Å². The number of ether oxygens (including phenoxy) is 1. The molecule has 130 valence electrons. The van der Waals surface area contributed by atoms with Crippen LogP contribution in [0.25, 0.3) is 16.4 Å². The lowest BCUT2D eigenvalue weighted by Gasteiger charge is -1.98. The third-order valence-electron chi connectivity index (χ3n) is 4.03. The SMILES string of the molecule is COC(=O)CCc1c(C)[nH]n(-c2nc(-c3ccc(C)cc3)cs2)c1=O. The molecule has 0 aliphatic carbocycles. The van der Waals surface area contributed by atoms with Crippen LogP contribution in [0.1, 0.15) is 23.2 Å². The van der Waals surface area contributed by atoms with Crippen molar-refractivity contribution >= 4 is 17.3 Å². The van der Waals surface area contributed by atoms with Gasteiger partial charge in [-0.05, 0) is 20.3 Å². The molecule has 2 aromatic heterocycles. The normalized spacial score (nSPS) is 10.8. The quantitative estimate of drug-likeness (QED) is 0.712. The zero-order chi connectivity index (χ0) is 18.0. The summed E-state index contributed by atoms with van der Waals surface area (Å²) in [6.07, 6.45) is 0.522. The minimum Gasteiger partial charge on any atom is -0.469 e. The molecule has 0 fully saturated rings. The second-order valence-corrected chi connectivity index (χ2v) is 6.65. The fraction of sp³-hybridized carbons (Fsp3) is 0.278. The van der Waals surface area contributed by atoms with Gasteiger partial charge in [0.15, 0.2) is 0 Å². The first-order valence-electron chi connectivity index (χ1n) is 7.90. The minimum atomic E-state index is -0.331. The van der Waals surface area contributed by atoms with Crippen LogP contribution >= 0.6 is 11.3 Å². The topological polar surface area (TPSA) is 77.0 Å². The van der Waals surface area contributed by atoms with Crippen molar-refractivity contribution in [1.82, 2.24) is 14.8 Å². The second-order valence-electron chi connectivity index (χ2n) is 5.81. The zero-order valence-electron chi connectivity index (χ0n) is 14.3. The average Bonchev–Trinajstić information content (AvgIpc) is 3.19. The Morgan fingerprint density at radius 1 is 1.28 bits per heavy atom. The van der Waals surface area contributed by atoms with Crippen LogP contribution in [-0.2, 0) is 16.0 Å². The van der Waals surface area contributed by atoms with Gasteiger partial charge in [0.25, 0.3) is 5.56 Å². The van der Waals surface area contributed by atoms with E-state index in [1.165, 1.54) is 28.7 Å². The fourth-order valence-corrected chi connectivity index (χ4v) is 3.35. The predicted molar refractivity (Wildman–Crippen MR) is 97.3 cm³/mol. The van der Waals surface area contributed by atoms with Crippen molar-refractivity contribution in [2.24, 2.45) is 0 Å². The van der Waals surface area contributed by atoms with Gasteiger partial charge in [-0.15, -0.1) is 11.3 Å². The molecule has 0 spiro atoms. The van der Waals surface area contributed by atoms with Crippen molar-refractivity contribution in [2.45, 2.75) is 26.7 Å². The number of thiazole rings is 1. The molecule has 0 unspecified atom stereocenters. The molecule has 0 aliphatic heterocycles. The van der Waals surface area contributed by atoms with Gasteiger partial charge in [-0.25, -0.2) is 4.98 Å². The number of nitrogens with one attached hydrogen (secondary N) is 1. The van der Waals surface area contributed by atoms with Gasteiger partial charge < -0.3 is 4.74 Å². The van der Waals surface area contributed by atoms with Crippen LogP contribution in [-0.4, -0.2) is 27.8 Å². The Morgan fingerprint density at radius 2 is 2.00 bits per heavy atom. The van der Waals surface area contributed by atoms with E-state index < -0.39 is 0 Å². The Hall–Kier alpha value is -2.67. The van der Waals surface area contributed by atoms with Gasteiger partial charge in [-0.2, -0.15) is 4.68 Å². The number of H-pyrrole nitrogens is 1. The molecule has 0 aliphatic rings. The van der Waals surface area contributed by atoms with E-state index in [1.54, 1.807) is 0 Å². The Balaban J connectivity index is 1.89. The molecule has 0 radical (unpaired) electrons. The van der Waals surface area contributed by atoms with E-state index >= 15 is 0 Å². The standard InChI is InChI=1S/C18H19N3O3S/c1-11-4-6-13(7-5-11)15-10-25-18(19-15)21-17(23)14(12(2)20-21)8-9-16(22)24-3/h4-7,10,20H,8-9H2,1-3H3. The number of methoxy groups -OCH3 is 1. The van der Waals surface area contributed by atoms with Gasteiger partial charge in [-0.1, -0.05) is 29.8 Å². The summed E-state index contributed by atoms with van der Waals surface area (Å²) in [4.78, 5) is 28.5. The lowest BCUT2D eigenvalue weighted by Crippen LogP contribution is -2.18. The molecule has 1 N–H and O–H groups in total. The predicted octanol–water partition coefficient (Wildman–Crippen LogP) is 3.01. The summed E-state index contributed by atoms with van der Waals surface area (Å²) in [6, 6.07) is 8.09. The summed E-state index contributed by atoms with van der Waals surface area (Å²) < 4.78 is 6.07. The largest absolute Gasteiger partial charge is 0.469 e. The van der Waals surface area contributed by atoms with Gasteiger partial charge in [0.2, 0.25) is 5.13 Å². The van der Waals surface area contributed by atoms with Gasteiger partial charge in [-0.3, -0.25) is 14.7 Å². The number of hydrogen-bond acceptors (Lipinski definition) is 5. The van der Waals surface area contributed by atoms with Crippen LogP contribution in [0, 0.1) is 13.8 Å². The molecule has 25 heavy (non-hydrogen) atoms. The molecule has 1 aromatic carbocycles. The van der Waals surface area contributed by atoms with Crippen LogP contribution in [0.3, 0.4) is 0 Å². The van der Waals surface area contributed by atoms with E-state index in [-0.39, 0.29) is 17.9 Å². The first-order chi connectivity index (χ1) is 12.0. The highest BCUT2D eigenvalue weighted by atomic mass is 32.1. The average molecular weight is 357 g/mol. The molecule has 0 saturated heterocycles. The van der Waals surface area contributed by atoms with E-state index in [0.717, 1.165) is 17.0 Å². The summed E-state index contributed by atoms with van der Waals surface area (Å²) >= 11 is 1.40. The highest BCUT2D eigenvalue weighted by molar-refractivity contribution is 7.12. The molecule has 0 amide bonds. The molecule has 2 heterocycles. The number of carbonyl (C=O) groups is 1. The van der Waals surface area contributed by atoms with Crippen LogP contribution in [0.5, 0.6) is 0 Å². The summed E-state index contributed by atoms with van der Waals surface area (Å²) in [6.45, 7) is 3.85. The van der Waals surface area contributed by atoms with E-state index in [1.807, 2.05) is 43.5 Å². The molecular weight excluding hydrogens is 338 g/mol. The molecule has 0 atom stereocenters. The van der Waals surface area contributed by atoms with E-state index in [4.69, 9.17) is 0 Å². The zero-order valence-corrected chi connectivity index (χ0v) is 15.1. The van der Waals surface area contributed by atoms with Crippen molar-refractivity contribution in [3.05, 3.63) is 56.8 Å². The number of hydrogen-bond donors (Lipinski definition) is 1. The number of nitrogens with zero attached hydrogens (tertiary/aromatic N) is 2. The third-order valence-corrected chi connectivity index (χ3v) is 4.86. The Labute approximate surface area is 149 Å². The van der Waals surface area contributed by atoms with Gasteiger partial charge in [0.05, 0.1) is 12.8 Å². The summed E-state index contributed by atoms with van der Waals surface area (Å²) in [7, 11) is 1.34. The number of aromatic nitrogens is 3. The lowest BCUT2D eigenvalue weighted by atomic mass is 10.1. The maximum absolute atomic E-state index is 12.6. The van der Waals surface area contributed by atoms with Gasteiger partial charge in [0.1, 0.15) is 0 Å². The maximum atomic E-state index is 12.6. The Bertz CT molecular complexity index is 951. The smallest absolute Gasteiger partial charge is 0.305 e. The molecule has 3 aromatic rings. The van der Waals surface area contributed by atoms with E-state index in [0.29, 0.717) is 17.1 Å². The van der Waals surface area contributed by atoms with Crippen LogP contribution in [0.15, 0.2) is 34.4 Å². The van der Waals surface area contributed by atoms with Crippen molar-refractivity contribution in [3.8, 4) is 16.4 Å². The summed E-state index contributed by atoms with van der Waals surface area (Å²) in [5.74, 6) is -0.331. The van der Waals surface area contributed by atoms with Crippen LogP contribution in [0.2, 0.25) is 0 Å². The Morgan fingerprint density at radius 3 is 2.68 bits per heavy atom. The van der Waals surface area contributed by atoms with E-state index in [2.05, 4.69) is 14.8 Å². The van der Waals surface area contributed by atoms with Gasteiger partial charge in [0, 0.05) is 28.6 Å². The molecule has 6 nitrogen and oxygen atoms in total. The first-order valence-corrected chi connectivity index (χ1v) is 8.78. The second kappa shape index (κ2) is 7.06. The molecule has 0 saturated carbocycles. The maximum Gasteiger partial charge on any atom is 0.305 e. The minimum absolute atomic E-state index is 0.175. The summed E-state index contributed by atoms with van der Waals surface area (Å²) in [5, 5.41) is 5.55. The summed E-state index contributed by atoms with van der Waals surface area (Å²) in [5.41, 5.74) is 4.17. The highest BCUT2D eigenvalue weighted by Gasteiger charge is 2.16. The molecule has 3 rings (SSSR count).